The van der Waals surface area contributed by atoms with Gasteiger partial charge in [0.05, 0.1) is 5.57 Å². The van der Waals surface area contributed by atoms with Crippen LogP contribution in [-0.2, 0) is 21.6 Å². The Bertz CT molecular complexity index is 1050. The van der Waals surface area contributed by atoms with Gasteiger partial charge in [0.2, 0.25) is 0 Å². The minimum absolute atomic E-state index is 0.178. The summed E-state index contributed by atoms with van der Waals surface area (Å²) >= 11 is 0. The number of ether oxygens (including phenoxy) is 1. The zero-order valence-electron chi connectivity index (χ0n) is 21.6. The zero-order chi connectivity index (χ0) is 25.8. The molecular weight excluding hydrogens is 455 g/mol. The highest BCUT2D eigenvalue weighted by atomic mass is 19.1. The van der Waals surface area contributed by atoms with Crippen LogP contribution in [0.5, 0.6) is 0 Å². The molecule has 1 aliphatic carbocycles. The van der Waals surface area contributed by atoms with Gasteiger partial charge in [0, 0.05) is 31.0 Å². The van der Waals surface area contributed by atoms with Crippen LogP contribution in [0.4, 0.5) is 4.39 Å². The van der Waals surface area contributed by atoms with Crippen molar-refractivity contribution >= 4 is 5.97 Å². The zero-order valence-corrected chi connectivity index (χ0v) is 21.6. The highest BCUT2D eigenvalue weighted by Gasteiger charge is 2.38. The Morgan fingerprint density at radius 2 is 1.67 bits per heavy atom. The van der Waals surface area contributed by atoms with E-state index in [1.165, 1.54) is 44.6 Å². The van der Waals surface area contributed by atoms with Crippen molar-refractivity contribution in [2.45, 2.75) is 90.1 Å². The maximum Gasteiger partial charge on any atom is 0.338 e. The Balaban J connectivity index is 1.78. The molecule has 1 aromatic carbocycles. The average molecular weight is 495 g/mol. The van der Waals surface area contributed by atoms with Gasteiger partial charge in [-0.2, -0.15) is 0 Å². The lowest BCUT2D eigenvalue weighted by Gasteiger charge is -2.35. The summed E-state index contributed by atoms with van der Waals surface area (Å²) in [5.74, 6) is -1.42. The van der Waals surface area contributed by atoms with E-state index in [0.717, 1.165) is 42.4 Å². The number of carbonyl (C=O) groups is 1. The molecule has 1 aliphatic rings. The molecule has 5 nitrogen and oxygen atoms in total. The van der Waals surface area contributed by atoms with Gasteiger partial charge in [0.25, 0.3) is 0 Å². The molecule has 0 saturated heterocycles. The van der Waals surface area contributed by atoms with Gasteiger partial charge in [0.15, 0.2) is 5.82 Å². The number of carboxylic acid groups (broad SMARTS) is 1. The molecule has 0 amide bonds. The fraction of sp³-hybridized carbons (Fsp3) is 0.500. The van der Waals surface area contributed by atoms with Crippen LogP contribution >= 0.6 is 0 Å². The quantitative estimate of drug-likeness (QED) is 0.257. The summed E-state index contributed by atoms with van der Waals surface area (Å²) in [7, 11) is 0. The Morgan fingerprint density at radius 1 is 1.00 bits per heavy atom. The first kappa shape index (κ1) is 27.7. The molecule has 194 valence electrons. The third-order valence-electron chi connectivity index (χ3n) is 6.72. The number of rotatable bonds is 15. The van der Waals surface area contributed by atoms with E-state index in [1.807, 2.05) is 36.7 Å². The lowest BCUT2D eigenvalue weighted by Crippen LogP contribution is -2.32. The number of hydrogen-bond acceptors (Lipinski definition) is 4. The molecule has 0 radical (unpaired) electrons. The Hall–Kier alpha value is -2.86. The predicted octanol–water partition coefficient (Wildman–Crippen LogP) is 7.72. The lowest BCUT2D eigenvalue weighted by atomic mass is 9.82. The second kappa shape index (κ2) is 14.0. The van der Waals surface area contributed by atoms with Gasteiger partial charge < -0.3 is 9.84 Å². The number of aryl methyl sites for hydroxylation is 1. The fourth-order valence-corrected chi connectivity index (χ4v) is 4.60. The van der Waals surface area contributed by atoms with Gasteiger partial charge in [-0.3, -0.25) is 0 Å². The molecule has 2 aromatic rings. The van der Waals surface area contributed by atoms with Gasteiger partial charge in [0.1, 0.15) is 11.4 Å². The molecule has 0 spiro atoms. The van der Waals surface area contributed by atoms with E-state index < -0.39 is 17.4 Å². The Labute approximate surface area is 214 Å². The van der Waals surface area contributed by atoms with Crippen LogP contribution in [0.15, 0.2) is 60.2 Å². The van der Waals surface area contributed by atoms with Crippen molar-refractivity contribution in [3.05, 3.63) is 71.3 Å². The van der Waals surface area contributed by atoms with E-state index in [9.17, 15) is 14.3 Å². The molecule has 6 heteroatoms. The molecule has 0 fully saturated rings. The summed E-state index contributed by atoms with van der Waals surface area (Å²) in [5, 5.41) is 9.34. The number of benzene rings is 1. The molecule has 1 unspecified atom stereocenters. The first-order valence-corrected chi connectivity index (χ1v) is 13.4. The fourth-order valence-electron chi connectivity index (χ4n) is 4.60. The largest absolute Gasteiger partial charge is 0.478 e. The van der Waals surface area contributed by atoms with Crippen molar-refractivity contribution in [2.24, 2.45) is 0 Å². The number of hydrogen-bond donors (Lipinski definition) is 1. The smallest absolute Gasteiger partial charge is 0.338 e. The molecule has 0 saturated carbocycles. The molecule has 1 atom stereocenters. The van der Waals surface area contributed by atoms with E-state index in [4.69, 9.17) is 4.74 Å². The van der Waals surface area contributed by atoms with Crippen molar-refractivity contribution in [3.8, 4) is 11.4 Å². The average Bonchev–Trinajstić information content (AvgIpc) is 2.88. The molecule has 0 bridgehead atoms. The lowest BCUT2D eigenvalue weighted by molar-refractivity contribution is -0.132. The van der Waals surface area contributed by atoms with Crippen molar-refractivity contribution in [3.63, 3.8) is 0 Å². The van der Waals surface area contributed by atoms with E-state index >= 15 is 0 Å². The molecule has 1 heterocycles. The monoisotopic (exact) mass is 494 g/mol. The van der Waals surface area contributed by atoms with E-state index in [-0.39, 0.29) is 12.0 Å². The van der Waals surface area contributed by atoms with Gasteiger partial charge in [-0.15, -0.1) is 0 Å². The minimum Gasteiger partial charge on any atom is -0.478 e. The van der Waals surface area contributed by atoms with Crippen molar-refractivity contribution in [1.29, 1.82) is 0 Å². The number of aliphatic carboxylic acids is 1. The van der Waals surface area contributed by atoms with Crippen LogP contribution in [-0.4, -0.2) is 27.7 Å². The molecule has 36 heavy (non-hydrogen) atoms. The maximum atomic E-state index is 14.9. The number of aromatic nitrogens is 2. The standard InChI is InChI=1S/C30H39FN2O3/c1-3-5-7-8-9-10-11-14-23-21-32-28(33-22-23)24-15-12-13-16-26(24)30(36-19-6-4-2)18-17-25(29(34)35)27(31)20-30/h12-13,15-18,21-22H,3-11,14,19-20H2,1-2H3,(H,34,35). The van der Waals surface area contributed by atoms with Crippen LogP contribution in [0.3, 0.4) is 0 Å². The first-order chi connectivity index (χ1) is 17.5. The van der Waals surface area contributed by atoms with E-state index in [0.29, 0.717) is 12.4 Å². The van der Waals surface area contributed by atoms with Crippen LogP contribution in [0, 0.1) is 0 Å². The topological polar surface area (TPSA) is 72.3 Å². The van der Waals surface area contributed by atoms with Gasteiger partial charge >= 0.3 is 5.97 Å². The van der Waals surface area contributed by atoms with Crippen LogP contribution in [0.1, 0.15) is 89.2 Å². The van der Waals surface area contributed by atoms with Crippen molar-refractivity contribution < 1.29 is 19.0 Å². The molecule has 1 aromatic heterocycles. The van der Waals surface area contributed by atoms with Crippen LogP contribution < -0.4 is 0 Å². The van der Waals surface area contributed by atoms with Gasteiger partial charge in [-0.25, -0.2) is 19.2 Å². The van der Waals surface area contributed by atoms with Crippen molar-refractivity contribution in [2.75, 3.05) is 6.61 Å². The second-order valence-electron chi connectivity index (χ2n) is 9.56. The summed E-state index contributed by atoms with van der Waals surface area (Å²) in [6, 6.07) is 7.57. The summed E-state index contributed by atoms with van der Waals surface area (Å²) in [6.45, 7) is 4.73. The SMILES string of the molecule is CCCCCCCCCc1cnc(-c2ccccc2C2(OCCCC)C=CC(C(=O)O)=C(F)C2)nc1. The number of carboxylic acids is 1. The second-order valence-corrected chi connectivity index (χ2v) is 9.56. The normalized spacial score (nSPS) is 17.5. The number of nitrogens with zero attached hydrogens (tertiary/aromatic N) is 2. The van der Waals surface area contributed by atoms with Crippen LogP contribution in [0.2, 0.25) is 0 Å². The van der Waals surface area contributed by atoms with E-state index in [2.05, 4.69) is 23.8 Å². The third-order valence-corrected chi connectivity index (χ3v) is 6.72. The third kappa shape index (κ3) is 7.33. The van der Waals surface area contributed by atoms with Gasteiger partial charge in [-0.05, 0) is 42.5 Å². The predicted molar refractivity (Wildman–Crippen MR) is 141 cm³/mol. The first-order valence-electron chi connectivity index (χ1n) is 13.4. The molecule has 1 N–H and O–H groups in total. The Kier molecular flexibility index (Phi) is 10.8. The van der Waals surface area contributed by atoms with Crippen molar-refractivity contribution in [1.82, 2.24) is 9.97 Å². The summed E-state index contributed by atoms with van der Waals surface area (Å²) in [4.78, 5) is 20.7. The highest BCUT2D eigenvalue weighted by molar-refractivity contribution is 5.91. The molecule has 3 rings (SSSR count). The summed E-state index contributed by atoms with van der Waals surface area (Å²) < 4.78 is 21.2. The van der Waals surface area contributed by atoms with E-state index in [1.54, 1.807) is 6.08 Å². The highest BCUT2D eigenvalue weighted by Crippen LogP contribution is 2.43. The van der Waals surface area contributed by atoms with Crippen LogP contribution in [0.25, 0.3) is 11.4 Å². The summed E-state index contributed by atoms with van der Waals surface area (Å²) in [6.07, 6.45) is 18.1. The molecular formula is C30H39FN2O3. The maximum absolute atomic E-state index is 14.9. The number of unbranched alkanes of at least 4 members (excludes halogenated alkanes) is 7. The Morgan fingerprint density at radius 3 is 2.33 bits per heavy atom. The summed E-state index contributed by atoms with van der Waals surface area (Å²) in [5.41, 5.74) is 1.16. The molecule has 0 aliphatic heterocycles. The number of halogens is 1. The van der Waals surface area contributed by atoms with Gasteiger partial charge in [-0.1, -0.05) is 83.1 Å². The minimum atomic E-state index is -1.28.